The maximum absolute atomic E-state index is 11.9. The minimum atomic E-state index is -3.53. The zero-order chi connectivity index (χ0) is 13.6. The summed E-state index contributed by atoms with van der Waals surface area (Å²) in [5.74, 6) is 0. The van der Waals surface area contributed by atoms with Crippen molar-refractivity contribution in [1.29, 1.82) is 0 Å². The standard InChI is InChI=1S/C11H15Cl2NO3S/c1-17-8-10(13)5-6-14-18(15,16)11-4-2-3-9(12)7-11/h2-4,7,10,14H,5-6,8H2,1H3. The van der Waals surface area contributed by atoms with E-state index in [1.807, 2.05) is 0 Å². The Morgan fingerprint density at radius 2 is 2.17 bits per heavy atom. The molecule has 1 N–H and O–H groups in total. The number of rotatable bonds is 7. The number of nitrogens with one attached hydrogen (secondary N) is 1. The van der Waals surface area contributed by atoms with E-state index in [9.17, 15) is 8.42 Å². The number of alkyl halides is 1. The summed E-state index contributed by atoms with van der Waals surface area (Å²) < 4.78 is 31.1. The second-order valence-electron chi connectivity index (χ2n) is 3.70. The molecule has 4 nitrogen and oxygen atoms in total. The van der Waals surface area contributed by atoms with Crippen LogP contribution in [0.1, 0.15) is 6.42 Å². The summed E-state index contributed by atoms with van der Waals surface area (Å²) in [5.41, 5.74) is 0. The molecular formula is C11H15Cl2NO3S. The second kappa shape index (κ2) is 7.31. The van der Waals surface area contributed by atoms with Crippen molar-refractivity contribution in [2.24, 2.45) is 0 Å². The molecule has 0 amide bonds. The molecule has 7 heteroatoms. The first-order valence-corrected chi connectivity index (χ1v) is 7.63. The molecule has 0 aromatic heterocycles. The van der Waals surface area contributed by atoms with E-state index in [1.165, 1.54) is 12.1 Å². The summed E-state index contributed by atoms with van der Waals surface area (Å²) in [6.07, 6.45) is 0.495. The van der Waals surface area contributed by atoms with Crippen LogP contribution in [0.3, 0.4) is 0 Å². The summed E-state index contributed by atoms with van der Waals surface area (Å²) in [4.78, 5) is 0.146. The van der Waals surface area contributed by atoms with Gasteiger partial charge in [0, 0.05) is 18.7 Å². The third kappa shape index (κ3) is 5.12. The van der Waals surface area contributed by atoms with Gasteiger partial charge in [-0.15, -0.1) is 11.6 Å². The van der Waals surface area contributed by atoms with Gasteiger partial charge in [0.2, 0.25) is 10.0 Å². The molecule has 0 aliphatic rings. The summed E-state index contributed by atoms with van der Waals surface area (Å²) in [6.45, 7) is 0.646. The summed E-state index contributed by atoms with van der Waals surface area (Å²) >= 11 is 11.6. The van der Waals surface area contributed by atoms with Gasteiger partial charge in [-0.3, -0.25) is 0 Å². The van der Waals surface area contributed by atoms with E-state index < -0.39 is 10.0 Å². The van der Waals surface area contributed by atoms with Gasteiger partial charge in [0.15, 0.2) is 0 Å². The van der Waals surface area contributed by atoms with Gasteiger partial charge in [0.05, 0.1) is 16.9 Å². The van der Waals surface area contributed by atoms with E-state index in [0.717, 1.165) is 0 Å². The molecule has 0 fully saturated rings. The van der Waals surface area contributed by atoms with Crippen LogP contribution in [0.25, 0.3) is 0 Å². The van der Waals surface area contributed by atoms with Crippen molar-refractivity contribution in [3.63, 3.8) is 0 Å². The summed E-state index contributed by atoms with van der Waals surface area (Å²) in [7, 11) is -1.98. The van der Waals surface area contributed by atoms with Crippen LogP contribution >= 0.6 is 23.2 Å². The van der Waals surface area contributed by atoms with E-state index in [-0.39, 0.29) is 16.8 Å². The zero-order valence-electron chi connectivity index (χ0n) is 9.90. The molecule has 0 bridgehead atoms. The Kier molecular flexibility index (Phi) is 6.38. The Morgan fingerprint density at radius 1 is 1.44 bits per heavy atom. The van der Waals surface area contributed by atoms with Crippen molar-refractivity contribution in [2.45, 2.75) is 16.7 Å². The van der Waals surface area contributed by atoms with Crippen molar-refractivity contribution in [1.82, 2.24) is 4.72 Å². The first-order chi connectivity index (χ1) is 8.45. The molecular weight excluding hydrogens is 297 g/mol. The third-order valence-electron chi connectivity index (χ3n) is 2.20. The molecule has 1 atom stereocenters. The monoisotopic (exact) mass is 311 g/mol. The first kappa shape index (κ1) is 15.7. The van der Waals surface area contributed by atoms with Crippen LogP contribution in [0.5, 0.6) is 0 Å². The van der Waals surface area contributed by atoms with Gasteiger partial charge in [-0.2, -0.15) is 0 Å². The molecule has 0 aliphatic heterocycles. The molecule has 1 aromatic rings. The van der Waals surface area contributed by atoms with E-state index >= 15 is 0 Å². The molecule has 102 valence electrons. The lowest BCUT2D eigenvalue weighted by Gasteiger charge is -2.10. The van der Waals surface area contributed by atoms with E-state index in [0.29, 0.717) is 18.1 Å². The van der Waals surface area contributed by atoms with Crippen LogP contribution in [0.15, 0.2) is 29.2 Å². The van der Waals surface area contributed by atoms with E-state index in [2.05, 4.69) is 4.72 Å². The van der Waals surface area contributed by atoms with Gasteiger partial charge in [0.25, 0.3) is 0 Å². The lowest BCUT2D eigenvalue weighted by molar-refractivity contribution is 0.196. The Morgan fingerprint density at radius 3 is 2.78 bits per heavy atom. The van der Waals surface area contributed by atoms with Crippen LogP contribution in [-0.4, -0.2) is 34.1 Å². The van der Waals surface area contributed by atoms with Gasteiger partial charge in [-0.1, -0.05) is 17.7 Å². The fraction of sp³-hybridized carbons (Fsp3) is 0.455. The summed E-state index contributed by atoms with van der Waals surface area (Å²) in [5, 5.41) is 0.171. The van der Waals surface area contributed by atoms with E-state index in [1.54, 1.807) is 19.2 Å². The number of ether oxygens (including phenoxy) is 1. The molecule has 18 heavy (non-hydrogen) atoms. The third-order valence-corrected chi connectivity index (χ3v) is 4.24. The number of sulfonamides is 1. The molecule has 1 aromatic carbocycles. The average molecular weight is 312 g/mol. The molecule has 0 saturated heterocycles. The highest BCUT2D eigenvalue weighted by atomic mass is 35.5. The molecule has 0 spiro atoms. The van der Waals surface area contributed by atoms with Gasteiger partial charge in [-0.25, -0.2) is 13.1 Å². The quantitative estimate of drug-likeness (QED) is 0.786. The van der Waals surface area contributed by atoms with Crippen LogP contribution in [0.2, 0.25) is 5.02 Å². The Bertz CT molecular complexity index is 479. The van der Waals surface area contributed by atoms with Crippen molar-refractivity contribution >= 4 is 33.2 Å². The molecule has 1 unspecified atom stereocenters. The van der Waals surface area contributed by atoms with Crippen LogP contribution < -0.4 is 4.72 Å². The van der Waals surface area contributed by atoms with Crippen molar-refractivity contribution in [3.8, 4) is 0 Å². The average Bonchev–Trinajstić information content (AvgIpc) is 2.29. The largest absolute Gasteiger partial charge is 0.383 e. The Labute approximate surface area is 117 Å². The lowest BCUT2D eigenvalue weighted by atomic mass is 10.3. The van der Waals surface area contributed by atoms with Gasteiger partial charge >= 0.3 is 0 Å². The van der Waals surface area contributed by atoms with Crippen molar-refractivity contribution < 1.29 is 13.2 Å². The predicted molar refractivity (Wildman–Crippen MR) is 72.8 cm³/mol. The highest BCUT2D eigenvalue weighted by molar-refractivity contribution is 7.89. The smallest absolute Gasteiger partial charge is 0.240 e. The minimum absolute atomic E-state index is 0.146. The minimum Gasteiger partial charge on any atom is -0.383 e. The molecule has 0 radical (unpaired) electrons. The van der Waals surface area contributed by atoms with Crippen LogP contribution in [0.4, 0.5) is 0 Å². The Hall–Kier alpha value is -0.330. The number of halogens is 2. The molecule has 0 heterocycles. The molecule has 1 rings (SSSR count). The van der Waals surface area contributed by atoms with Crippen molar-refractivity contribution in [3.05, 3.63) is 29.3 Å². The second-order valence-corrected chi connectivity index (χ2v) is 6.52. The van der Waals surface area contributed by atoms with Crippen LogP contribution in [-0.2, 0) is 14.8 Å². The van der Waals surface area contributed by atoms with Gasteiger partial charge < -0.3 is 4.74 Å². The normalized spacial score (nSPS) is 13.5. The molecule has 0 saturated carbocycles. The topological polar surface area (TPSA) is 55.4 Å². The van der Waals surface area contributed by atoms with Crippen LogP contribution in [0, 0.1) is 0 Å². The predicted octanol–water partition coefficient (Wildman–Crippen LogP) is 2.26. The van der Waals surface area contributed by atoms with Gasteiger partial charge in [0.1, 0.15) is 0 Å². The first-order valence-electron chi connectivity index (χ1n) is 5.34. The number of hydrogen-bond acceptors (Lipinski definition) is 3. The zero-order valence-corrected chi connectivity index (χ0v) is 12.2. The van der Waals surface area contributed by atoms with E-state index in [4.69, 9.17) is 27.9 Å². The highest BCUT2D eigenvalue weighted by Gasteiger charge is 2.14. The van der Waals surface area contributed by atoms with Crippen molar-refractivity contribution in [2.75, 3.05) is 20.3 Å². The fourth-order valence-corrected chi connectivity index (χ4v) is 2.91. The number of methoxy groups -OCH3 is 1. The fourth-order valence-electron chi connectivity index (χ4n) is 1.33. The SMILES string of the molecule is COCC(Cl)CCNS(=O)(=O)c1cccc(Cl)c1. The lowest BCUT2D eigenvalue weighted by Crippen LogP contribution is -2.27. The number of benzene rings is 1. The molecule has 0 aliphatic carbocycles. The summed E-state index contributed by atoms with van der Waals surface area (Å²) in [6, 6.07) is 6.10. The number of hydrogen-bond donors (Lipinski definition) is 1. The maximum Gasteiger partial charge on any atom is 0.240 e. The Balaban J connectivity index is 2.55. The maximum atomic E-state index is 11.9. The highest BCUT2D eigenvalue weighted by Crippen LogP contribution is 2.15. The van der Waals surface area contributed by atoms with Gasteiger partial charge in [-0.05, 0) is 24.6 Å².